The Labute approximate surface area is 86.3 Å². The van der Waals surface area contributed by atoms with E-state index in [1.165, 1.54) is 18.4 Å². The molecule has 0 N–H and O–H groups in total. The van der Waals surface area contributed by atoms with Gasteiger partial charge in [-0.25, -0.2) is 0 Å². The third kappa shape index (κ3) is 1.73. The summed E-state index contributed by atoms with van der Waals surface area (Å²) in [6, 6.07) is 0. The van der Waals surface area contributed by atoms with Crippen LogP contribution in [0.5, 0.6) is 0 Å². The summed E-state index contributed by atoms with van der Waals surface area (Å²) >= 11 is 0. The van der Waals surface area contributed by atoms with Crippen molar-refractivity contribution in [1.29, 1.82) is 0 Å². The van der Waals surface area contributed by atoms with E-state index in [2.05, 4.69) is 26.8 Å². The van der Waals surface area contributed by atoms with Gasteiger partial charge in [-0.3, -0.25) is 0 Å². The minimum atomic E-state index is 0.00144. The van der Waals surface area contributed by atoms with Crippen LogP contribution in [-0.4, -0.2) is 19.5 Å². The lowest BCUT2D eigenvalue weighted by atomic mass is 9.68. The summed E-state index contributed by atoms with van der Waals surface area (Å²) in [6.07, 6.45) is 4.77. The zero-order valence-electron chi connectivity index (χ0n) is 9.38. The smallest absolute Gasteiger partial charge is 0.164 e. The molecule has 2 heteroatoms. The maximum absolute atomic E-state index is 5.64. The van der Waals surface area contributed by atoms with Crippen LogP contribution in [-0.2, 0) is 9.47 Å². The average Bonchev–Trinajstić information content (AvgIpc) is 2.55. The lowest BCUT2D eigenvalue weighted by Gasteiger charge is -2.40. The molecular weight excluding hydrogens is 176 g/mol. The first kappa shape index (κ1) is 10.2. The molecule has 0 amide bonds. The number of hydrogen-bond donors (Lipinski definition) is 0. The average molecular weight is 196 g/mol. The molecule has 0 spiro atoms. The molecule has 2 aliphatic rings. The zero-order chi connectivity index (χ0) is 10.2. The predicted octanol–water partition coefficient (Wildman–Crippen LogP) is 2.74. The van der Waals surface area contributed by atoms with Crippen molar-refractivity contribution in [3.8, 4) is 0 Å². The standard InChI is InChI=1S/C12H20O2/c1-9-5-4-6-12(2,3)10(9)11-13-7-8-14-11/h5,10-11H,4,6-8H2,1-3H3. The number of rotatable bonds is 1. The van der Waals surface area contributed by atoms with E-state index < -0.39 is 0 Å². The van der Waals surface area contributed by atoms with Crippen molar-refractivity contribution < 1.29 is 9.47 Å². The van der Waals surface area contributed by atoms with E-state index >= 15 is 0 Å². The maximum Gasteiger partial charge on any atom is 0.164 e. The topological polar surface area (TPSA) is 18.5 Å². The van der Waals surface area contributed by atoms with E-state index in [0.29, 0.717) is 11.3 Å². The second-order valence-corrected chi connectivity index (χ2v) is 5.06. The summed E-state index contributed by atoms with van der Waals surface area (Å²) in [5, 5.41) is 0. The van der Waals surface area contributed by atoms with Crippen molar-refractivity contribution in [2.24, 2.45) is 11.3 Å². The van der Waals surface area contributed by atoms with Crippen LogP contribution in [0, 0.1) is 11.3 Å². The van der Waals surface area contributed by atoms with Crippen LogP contribution in [0.4, 0.5) is 0 Å². The molecule has 1 fully saturated rings. The Bertz CT molecular complexity index is 237. The Kier molecular flexibility index (Phi) is 2.67. The van der Waals surface area contributed by atoms with Gasteiger partial charge in [0.05, 0.1) is 13.2 Å². The first-order valence-electron chi connectivity index (χ1n) is 5.51. The largest absolute Gasteiger partial charge is 0.350 e. The molecular formula is C12H20O2. The Morgan fingerprint density at radius 1 is 1.29 bits per heavy atom. The molecule has 1 aliphatic heterocycles. The lowest BCUT2D eigenvalue weighted by molar-refractivity contribution is -0.106. The van der Waals surface area contributed by atoms with Gasteiger partial charge in [0, 0.05) is 5.92 Å². The van der Waals surface area contributed by atoms with Crippen molar-refractivity contribution >= 4 is 0 Å². The molecule has 0 radical (unpaired) electrons. The second-order valence-electron chi connectivity index (χ2n) is 5.06. The Morgan fingerprint density at radius 3 is 2.50 bits per heavy atom. The summed E-state index contributed by atoms with van der Waals surface area (Å²) in [5.74, 6) is 0.443. The van der Waals surface area contributed by atoms with E-state index in [-0.39, 0.29) is 6.29 Å². The Hall–Kier alpha value is -0.340. The molecule has 0 saturated carbocycles. The van der Waals surface area contributed by atoms with Crippen molar-refractivity contribution in [3.63, 3.8) is 0 Å². The summed E-state index contributed by atoms with van der Waals surface area (Å²) in [6.45, 7) is 8.35. The van der Waals surface area contributed by atoms with Gasteiger partial charge in [0.15, 0.2) is 6.29 Å². The van der Waals surface area contributed by atoms with E-state index in [1.54, 1.807) is 0 Å². The van der Waals surface area contributed by atoms with Gasteiger partial charge in [-0.2, -0.15) is 0 Å². The minimum absolute atomic E-state index is 0.00144. The molecule has 1 heterocycles. The molecule has 1 unspecified atom stereocenters. The summed E-state index contributed by atoms with van der Waals surface area (Å²) in [5.41, 5.74) is 1.75. The van der Waals surface area contributed by atoms with Crippen LogP contribution in [0.1, 0.15) is 33.6 Å². The molecule has 0 aromatic rings. The van der Waals surface area contributed by atoms with Gasteiger partial charge in [-0.05, 0) is 25.2 Å². The molecule has 14 heavy (non-hydrogen) atoms. The normalized spacial score (nSPS) is 33.1. The van der Waals surface area contributed by atoms with Gasteiger partial charge in [-0.15, -0.1) is 0 Å². The molecule has 1 saturated heterocycles. The van der Waals surface area contributed by atoms with Crippen molar-refractivity contribution in [2.45, 2.75) is 39.9 Å². The highest BCUT2D eigenvalue weighted by molar-refractivity contribution is 5.13. The van der Waals surface area contributed by atoms with Crippen molar-refractivity contribution in [2.75, 3.05) is 13.2 Å². The summed E-state index contributed by atoms with van der Waals surface area (Å²) in [4.78, 5) is 0. The fourth-order valence-electron chi connectivity index (χ4n) is 2.72. The van der Waals surface area contributed by atoms with Gasteiger partial charge >= 0.3 is 0 Å². The Morgan fingerprint density at radius 2 is 1.93 bits per heavy atom. The van der Waals surface area contributed by atoms with Crippen molar-refractivity contribution in [3.05, 3.63) is 11.6 Å². The Balaban J connectivity index is 2.19. The summed E-state index contributed by atoms with van der Waals surface area (Å²) in [7, 11) is 0. The quantitative estimate of drug-likeness (QED) is 0.600. The molecule has 2 nitrogen and oxygen atoms in total. The van der Waals surface area contributed by atoms with E-state index in [0.717, 1.165) is 13.2 Å². The van der Waals surface area contributed by atoms with Gasteiger partial charge in [0.25, 0.3) is 0 Å². The SMILES string of the molecule is CC1=CCCC(C)(C)C1C1OCCO1. The van der Waals surface area contributed by atoms with E-state index in [4.69, 9.17) is 9.47 Å². The highest BCUT2D eigenvalue weighted by Crippen LogP contribution is 2.44. The molecule has 1 aliphatic carbocycles. The number of hydrogen-bond acceptors (Lipinski definition) is 2. The van der Waals surface area contributed by atoms with Gasteiger partial charge in [0.2, 0.25) is 0 Å². The fourth-order valence-corrected chi connectivity index (χ4v) is 2.72. The number of allylic oxidation sites excluding steroid dienone is 1. The lowest BCUT2D eigenvalue weighted by Crippen LogP contribution is -2.37. The zero-order valence-corrected chi connectivity index (χ0v) is 9.38. The minimum Gasteiger partial charge on any atom is -0.350 e. The van der Waals surface area contributed by atoms with Gasteiger partial charge < -0.3 is 9.47 Å². The first-order chi connectivity index (χ1) is 6.61. The molecule has 2 rings (SSSR count). The van der Waals surface area contributed by atoms with Gasteiger partial charge in [-0.1, -0.05) is 25.5 Å². The van der Waals surface area contributed by atoms with Crippen LogP contribution >= 0.6 is 0 Å². The molecule has 0 aromatic heterocycles. The highest BCUT2D eigenvalue weighted by Gasteiger charge is 2.40. The third-order valence-corrected chi connectivity index (χ3v) is 3.51. The third-order valence-electron chi connectivity index (χ3n) is 3.51. The number of ether oxygens (including phenoxy) is 2. The molecule has 1 atom stereocenters. The van der Waals surface area contributed by atoms with Crippen LogP contribution in [0.25, 0.3) is 0 Å². The predicted molar refractivity (Wildman–Crippen MR) is 56.0 cm³/mol. The van der Waals surface area contributed by atoms with E-state index in [1.807, 2.05) is 0 Å². The first-order valence-corrected chi connectivity index (χ1v) is 5.51. The fraction of sp³-hybridized carbons (Fsp3) is 0.833. The van der Waals surface area contributed by atoms with Crippen LogP contribution in [0.15, 0.2) is 11.6 Å². The van der Waals surface area contributed by atoms with Crippen LogP contribution in [0.2, 0.25) is 0 Å². The second kappa shape index (κ2) is 3.67. The molecule has 0 aromatic carbocycles. The monoisotopic (exact) mass is 196 g/mol. The van der Waals surface area contributed by atoms with Crippen LogP contribution in [0.3, 0.4) is 0 Å². The molecule has 0 bridgehead atoms. The highest BCUT2D eigenvalue weighted by atomic mass is 16.7. The maximum atomic E-state index is 5.64. The van der Waals surface area contributed by atoms with Crippen molar-refractivity contribution in [1.82, 2.24) is 0 Å². The summed E-state index contributed by atoms with van der Waals surface area (Å²) < 4.78 is 11.3. The van der Waals surface area contributed by atoms with E-state index in [9.17, 15) is 0 Å². The molecule has 80 valence electrons. The van der Waals surface area contributed by atoms with Crippen LogP contribution < -0.4 is 0 Å². The van der Waals surface area contributed by atoms with Gasteiger partial charge in [0.1, 0.15) is 0 Å².